The molecule has 0 spiro atoms. The average Bonchev–Trinajstić information content (AvgIpc) is 2.83. The summed E-state index contributed by atoms with van der Waals surface area (Å²) < 4.78 is 14.4. The van der Waals surface area contributed by atoms with Crippen LogP contribution in [-0.4, -0.2) is 28.8 Å². The Kier molecular flexibility index (Phi) is 8.97. The number of nitrogens with zero attached hydrogens (tertiary/aromatic N) is 1. The molecule has 0 aliphatic heterocycles. The molecule has 0 aliphatic rings. The molecule has 34 heavy (non-hydrogen) atoms. The van der Waals surface area contributed by atoms with Crippen LogP contribution in [0.25, 0.3) is 0 Å². The number of hydrogen-bond donors (Lipinski definition) is 1. The van der Waals surface area contributed by atoms with Crippen LogP contribution in [0, 0.1) is 12.7 Å². The van der Waals surface area contributed by atoms with Gasteiger partial charge < -0.3 is 10.2 Å². The fraction of sp³-hybridized carbons (Fsp3) is 0.310. The fourth-order valence-corrected chi connectivity index (χ4v) is 3.91. The Morgan fingerprint density at radius 1 is 0.941 bits per heavy atom. The summed E-state index contributed by atoms with van der Waals surface area (Å²) in [7, 11) is 0. The molecule has 2 unspecified atom stereocenters. The van der Waals surface area contributed by atoms with E-state index in [0.717, 1.165) is 23.1 Å². The van der Waals surface area contributed by atoms with Gasteiger partial charge in [-0.3, -0.25) is 9.59 Å². The molecule has 4 nitrogen and oxygen atoms in total. The van der Waals surface area contributed by atoms with Crippen molar-refractivity contribution in [2.75, 3.05) is 0 Å². The van der Waals surface area contributed by atoms with Gasteiger partial charge in [-0.15, -0.1) is 0 Å². The number of aryl methyl sites for hydroxylation is 1. The molecule has 3 aromatic rings. The predicted molar refractivity (Wildman–Crippen MR) is 134 cm³/mol. The van der Waals surface area contributed by atoms with Gasteiger partial charge in [-0.05, 0) is 43.0 Å². The molecule has 3 aromatic carbocycles. The maximum absolute atomic E-state index is 14.4. The monoisotopic (exact) mass is 460 g/mol. The minimum absolute atomic E-state index is 0.0201. The number of amides is 2. The molecule has 3 rings (SSSR count). The van der Waals surface area contributed by atoms with Crippen LogP contribution >= 0.6 is 0 Å². The molecule has 0 aliphatic carbocycles. The Morgan fingerprint density at radius 3 is 2.29 bits per heavy atom. The average molecular weight is 461 g/mol. The van der Waals surface area contributed by atoms with Gasteiger partial charge in [0.15, 0.2) is 0 Å². The van der Waals surface area contributed by atoms with Gasteiger partial charge in [0.2, 0.25) is 11.8 Å². The number of hydrogen-bond acceptors (Lipinski definition) is 2. The zero-order valence-corrected chi connectivity index (χ0v) is 20.1. The first kappa shape index (κ1) is 25.2. The molecule has 2 amide bonds. The summed E-state index contributed by atoms with van der Waals surface area (Å²) >= 11 is 0. The van der Waals surface area contributed by atoms with Crippen molar-refractivity contribution < 1.29 is 14.0 Å². The molecular weight excluding hydrogens is 427 g/mol. The Balaban J connectivity index is 1.98. The Labute approximate surface area is 201 Å². The summed E-state index contributed by atoms with van der Waals surface area (Å²) in [5.74, 6) is -0.908. The van der Waals surface area contributed by atoms with Crippen LogP contribution < -0.4 is 5.32 Å². The number of rotatable bonds is 10. The predicted octanol–water partition coefficient (Wildman–Crippen LogP) is 5.23. The molecule has 1 N–H and O–H groups in total. The molecule has 0 heterocycles. The highest BCUT2D eigenvalue weighted by molar-refractivity contribution is 5.89. The normalized spacial score (nSPS) is 12.6. The van der Waals surface area contributed by atoms with Crippen LogP contribution in [0.15, 0.2) is 78.9 Å². The topological polar surface area (TPSA) is 49.4 Å². The smallest absolute Gasteiger partial charge is 0.243 e. The lowest BCUT2D eigenvalue weighted by molar-refractivity contribution is -0.141. The zero-order valence-electron chi connectivity index (χ0n) is 20.1. The first-order chi connectivity index (χ1) is 16.4. The zero-order chi connectivity index (χ0) is 24.5. The SMILES string of the molecule is CCC(C)NC(=O)C(Cc1ccccc1)N(Cc1cccc(C)c1)C(=O)Cc1ccccc1F. The largest absolute Gasteiger partial charge is 0.352 e. The molecule has 178 valence electrons. The van der Waals surface area contributed by atoms with Crippen LogP contribution in [0.1, 0.15) is 42.5 Å². The van der Waals surface area contributed by atoms with Gasteiger partial charge >= 0.3 is 0 Å². The molecule has 0 bridgehead atoms. The third-order valence-corrected chi connectivity index (χ3v) is 6.01. The molecule has 0 saturated carbocycles. The molecule has 2 atom stereocenters. The van der Waals surface area contributed by atoms with Crippen molar-refractivity contribution in [3.8, 4) is 0 Å². The van der Waals surface area contributed by atoms with Crippen molar-refractivity contribution in [3.63, 3.8) is 0 Å². The van der Waals surface area contributed by atoms with E-state index in [1.54, 1.807) is 23.1 Å². The summed E-state index contributed by atoms with van der Waals surface area (Å²) in [6.45, 7) is 6.21. The van der Waals surface area contributed by atoms with Gasteiger partial charge in [0, 0.05) is 19.0 Å². The minimum atomic E-state index is -0.726. The van der Waals surface area contributed by atoms with E-state index in [2.05, 4.69) is 5.32 Å². The number of halogens is 1. The molecule has 0 aromatic heterocycles. The van der Waals surface area contributed by atoms with Crippen molar-refractivity contribution in [3.05, 3.63) is 107 Å². The number of nitrogens with one attached hydrogen (secondary N) is 1. The molecule has 0 fully saturated rings. The second kappa shape index (κ2) is 12.1. The summed E-state index contributed by atoms with van der Waals surface area (Å²) in [6, 6.07) is 23.1. The van der Waals surface area contributed by atoms with Crippen molar-refractivity contribution >= 4 is 11.8 Å². The summed E-state index contributed by atoms with van der Waals surface area (Å²) in [5.41, 5.74) is 3.28. The van der Waals surface area contributed by atoms with E-state index < -0.39 is 11.9 Å². The van der Waals surface area contributed by atoms with E-state index in [1.807, 2.05) is 75.4 Å². The lowest BCUT2D eigenvalue weighted by Crippen LogP contribution is -2.52. The van der Waals surface area contributed by atoms with E-state index >= 15 is 0 Å². The van der Waals surface area contributed by atoms with E-state index in [0.29, 0.717) is 12.0 Å². The van der Waals surface area contributed by atoms with Crippen LogP contribution in [0.2, 0.25) is 0 Å². The second-order valence-electron chi connectivity index (χ2n) is 8.80. The lowest BCUT2D eigenvalue weighted by atomic mass is 10.0. The van der Waals surface area contributed by atoms with E-state index in [9.17, 15) is 14.0 Å². The third-order valence-electron chi connectivity index (χ3n) is 6.01. The Morgan fingerprint density at radius 2 is 1.62 bits per heavy atom. The Bertz CT molecular complexity index is 1100. The fourth-order valence-electron chi connectivity index (χ4n) is 3.91. The summed E-state index contributed by atoms with van der Waals surface area (Å²) in [4.78, 5) is 28.7. The van der Waals surface area contributed by atoms with E-state index in [4.69, 9.17) is 0 Å². The van der Waals surface area contributed by atoms with Gasteiger partial charge in [-0.2, -0.15) is 0 Å². The highest BCUT2D eigenvalue weighted by atomic mass is 19.1. The number of carbonyl (C=O) groups excluding carboxylic acids is 2. The van der Waals surface area contributed by atoms with Crippen molar-refractivity contribution in [1.29, 1.82) is 0 Å². The van der Waals surface area contributed by atoms with Crippen LogP contribution in [0.4, 0.5) is 4.39 Å². The third kappa shape index (κ3) is 7.01. The second-order valence-corrected chi connectivity index (χ2v) is 8.80. The standard InChI is InChI=1S/C29H33FN2O2/c1-4-22(3)31-29(34)27(18-23-12-6-5-7-13-23)32(20-24-14-10-11-21(2)17-24)28(33)19-25-15-8-9-16-26(25)30/h5-17,22,27H,4,18-20H2,1-3H3,(H,31,34). The molecule has 5 heteroatoms. The molecular formula is C29H33FN2O2. The van der Waals surface area contributed by atoms with Crippen molar-refractivity contribution in [2.24, 2.45) is 0 Å². The van der Waals surface area contributed by atoms with Gasteiger partial charge in [0.25, 0.3) is 0 Å². The van der Waals surface area contributed by atoms with Gasteiger partial charge in [0.05, 0.1) is 6.42 Å². The minimum Gasteiger partial charge on any atom is -0.352 e. The quantitative estimate of drug-likeness (QED) is 0.450. The van der Waals surface area contributed by atoms with E-state index in [1.165, 1.54) is 6.07 Å². The highest BCUT2D eigenvalue weighted by Gasteiger charge is 2.31. The first-order valence-electron chi connectivity index (χ1n) is 11.8. The van der Waals surface area contributed by atoms with Gasteiger partial charge in [0.1, 0.15) is 11.9 Å². The summed E-state index contributed by atoms with van der Waals surface area (Å²) in [6.07, 6.45) is 1.04. The van der Waals surface area contributed by atoms with Crippen molar-refractivity contribution in [1.82, 2.24) is 10.2 Å². The molecule has 0 saturated heterocycles. The number of carbonyl (C=O) groups is 2. The highest BCUT2D eigenvalue weighted by Crippen LogP contribution is 2.18. The molecule has 0 radical (unpaired) electrons. The summed E-state index contributed by atoms with van der Waals surface area (Å²) in [5, 5.41) is 3.05. The first-order valence-corrected chi connectivity index (χ1v) is 11.8. The van der Waals surface area contributed by atoms with E-state index in [-0.39, 0.29) is 30.8 Å². The van der Waals surface area contributed by atoms with Crippen LogP contribution in [-0.2, 0) is 29.0 Å². The van der Waals surface area contributed by atoms with Crippen molar-refractivity contribution in [2.45, 2.75) is 58.7 Å². The van der Waals surface area contributed by atoms with Crippen LogP contribution in [0.5, 0.6) is 0 Å². The Hall–Kier alpha value is -3.47. The number of benzene rings is 3. The van der Waals surface area contributed by atoms with Crippen LogP contribution in [0.3, 0.4) is 0 Å². The maximum atomic E-state index is 14.4. The maximum Gasteiger partial charge on any atom is 0.243 e. The van der Waals surface area contributed by atoms with Gasteiger partial charge in [-0.1, -0.05) is 85.3 Å². The lowest BCUT2D eigenvalue weighted by Gasteiger charge is -2.32. The van der Waals surface area contributed by atoms with Gasteiger partial charge in [-0.25, -0.2) is 4.39 Å².